The second-order valence-electron chi connectivity index (χ2n) is 3.92. The van der Waals surface area contributed by atoms with Crippen molar-refractivity contribution in [1.82, 2.24) is 4.98 Å². The van der Waals surface area contributed by atoms with Crippen LogP contribution in [0.2, 0.25) is 10.0 Å². The number of rotatable bonds is 2. The van der Waals surface area contributed by atoms with Gasteiger partial charge in [-0.25, -0.2) is 4.98 Å². The molecule has 0 aliphatic rings. The van der Waals surface area contributed by atoms with Crippen molar-refractivity contribution in [2.75, 3.05) is 11.1 Å². The molecule has 1 aromatic heterocycles. The standard InChI is InChI=1S/C12H8Cl2F3N3/c13-8-2-1-7(18)4-10(8)20-11-9(14)3-6(5-19-11)12(15,16)17/h1-5H,18H2,(H,19,20). The van der Waals surface area contributed by atoms with Crippen LogP contribution in [0.4, 0.5) is 30.4 Å². The van der Waals surface area contributed by atoms with E-state index in [0.717, 1.165) is 6.07 Å². The van der Waals surface area contributed by atoms with Crippen LogP contribution in [0.25, 0.3) is 0 Å². The molecular formula is C12H8Cl2F3N3. The number of alkyl halides is 3. The van der Waals surface area contributed by atoms with Crippen LogP contribution in [0.5, 0.6) is 0 Å². The molecule has 8 heteroatoms. The average Bonchev–Trinajstić information content (AvgIpc) is 2.35. The fourth-order valence-electron chi connectivity index (χ4n) is 1.45. The zero-order valence-electron chi connectivity index (χ0n) is 9.80. The summed E-state index contributed by atoms with van der Waals surface area (Å²) in [5, 5.41) is 2.91. The third-order valence-electron chi connectivity index (χ3n) is 2.41. The molecule has 1 aromatic carbocycles. The quantitative estimate of drug-likeness (QED) is 0.786. The highest BCUT2D eigenvalue weighted by molar-refractivity contribution is 6.34. The fraction of sp³-hybridized carbons (Fsp3) is 0.0833. The van der Waals surface area contributed by atoms with Crippen molar-refractivity contribution in [1.29, 1.82) is 0 Å². The predicted molar refractivity (Wildman–Crippen MR) is 73.4 cm³/mol. The number of hydrogen-bond donors (Lipinski definition) is 2. The van der Waals surface area contributed by atoms with Gasteiger partial charge in [0.15, 0.2) is 0 Å². The summed E-state index contributed by atoms with van der Waals surface area (Å²) < 4.78 is 37.5. The molecule has 1 heterocycles. The maximum Gasteiger partial charge on any atom is 0.417 e. The van der Waals surface area contributed by atoms with Gasteiger partial charge in [0.1, 0.15) is 5.82 Å². The summed E-state index contributed by atoms with van der Waals surface area (Å²) in [6.45, 7) is 0. The number of nitrogens with zero attached hydrogens (tertiary/aromatic N) is 1. The molecule has 3 N–H and O–H groups in total. The van der Waals surface area contributed by atoms with Gasteiger partial charge >= 0.3 is 6.18 Å². The Morgan fingerprint density at radius 1 is 1.10 bits per heavy atom. The zero-order chi connectivity index (χ0) is 14.9. The Morgan fingerprint density at radius 2 is 1.80 bits per heavy atom. The van der Waals surface area contributed by atoms with E-state index in [4.69, 9.17) is 28.9 Å². The number of nitrogens with one attached hydrogen (secondary N) is 1. The second-order valence-corrected chi connectivity index (χ2v) is 4.73. The summed E-state index contributed by atoms with van der Waals surface area (Å²) in [6, 6.07) is 5.46. The average molecular weight is 322 g/mol. The molecule has 0 spiro atoms. The van der Waals surface area contributed by atoms with E-state index >= 15 is 0 Å². The van der Waals surface area contributed by atoms with E-state index in [1.54, 1.807) is 12.1 Å². The monoisotopic (exact) mass is 321 g/mol. The van der Waals surface area contributed by atoms with Crippen LogP contribution in [0.1, 0.15) is 5.56 Å². The lowest BCUT2D eigenvalue weighted by atomic mass is 10.2. The van der Waals surface area contributed by atoms with Crippen molar-refractivity contribution in [3.63, 3.8) is 0 Å². The Kier molecular flexibility index (Phi) is 3.96. The van der Waals surface area contributed by atoms with Crippen LogP contribution in [-0.4, -0.2) is 4.98 Å². The Hall–Kier alpha value is -1.66. The predicted octanol–water partition coefficient (Wildman–Crippen LogP) is 4.73. The third-order valence-corrected chi connectivity index (χ3v) is 3.03. The summed E-state index contributed by atoms with van der Waals surface area (Å²) in [5.41, 5.74) is 5.52. The lowest BCUT2D eigenvalue weighted by Gasteiger charge is -2.12. The van der Waals surface area contributed by atoms with E-state index in [-0.39, 0.29) is 10.8 Å². The third kappa shape index (κ3) is 3.26. The van der Waals surface area contributed by atoms with Crippen molar-refractivity contribution in [3.05, 3.63) is 46.1 Å². The first kappa shape index (κ1) is 14.7. The van der Waals surface area contributed by atoms with Crippen LogP contribution in [0, 0.1) is 0 Å². The van der Waals surface area contributed by atoms with Gasteiger partial charge in [-0.3, -0.25) is 0 Å². The molecule has 0 aliphatic heterocycles. The van der Waals surface area contributed by atoms with Gasteiger partial charge in [0.25, 0.3) is 0 Å². The smallest absolute Gasteiger partial charge is 0.399 e. The highest BCUT2D eigenvalue weighted by atomic mass is 35.5. The number of hydrogen-bond acceptors (Lipinski definition) is 3. The molecule has 0 aliphatic carbocycles. The van der Waals surface area contributed by atoms with Gasteiger partial charge in [-0.1, -0.05) is 23.2 Å². The molecule has 0 radical (unpaired) electrons. The lowest BCUT2D eigenvalue weighted by molar-refractivity contribution is -0.137. The lowest BCUT2D eigenvalue weighted by Crippen LogP contribution is -2.06. The maximum atomic E-state index is 12.5. The van der Waals surface area contributed by atoms with Gasteiger partial charge in [-0.15, -0.1) is 0 Å². The van der Waals surface area contributed by atoms with E-state index in [0.29, 0.717) is 22.6 Å². The molecule has 2 rings (SSSR count). The molecule has 3 nitrogen and oxygen atoms in total. The minimum absolute atomic E-state index is 0.0622. The number of aromatic nitrogens is 1. The van der Waals surface area contributed by atoms with Crippen LogP contribution >= 0.6 is 23.2 Å². The highest BCUT2D eigenvalue weighted by Crippen LogP contribution is 2.34. The highest BCUT2D eigenvalue weighted by Gasteiger charge is 2.31. The zero-order valence-corrected chi connectivity index (χ0v) is 11.3. The minimum Gasteiger partial charge on any atom is -0.399 e. The van der Waals surface area contributed by atoms with Gasteiger partial charge in [0.2, 0.25) is 0 Å². The largest absolute Gasteiger partial charge is 0.417 e. The normalized spacial score (nSPS) is 11.4. The van der Waals surface area contributed by atoms with Gasteiger partial charge in [0, 0.05) is 11.9 Å². The number of pyridine rings is 1. The number of benzene rings is 1. The molecule has 0 saturated carbocycles. The molecule has 0 amide bonds. The topological polar surface area (TPSA) is 50.9 Å². The van der Waals surface area contributed by atoms with Gasteiger partial charge < -0.3 is 11.1 Å². The molecule has 0 saturated heterocycles. The Bertz CT molecular complexity index is 644. The van der Waals surface area contributed by atoms with Crippen LogP contribution in [0.15, 0.2) is 30.5 Å². The van der Waals surface area contributed by atoms with Crippen molar-refractivity contribution < 1.29 is 13.2 Å². The Morgan fingerprint density at radius 3 is 2.40 bits per heavy atom. The van der Waals surface area contributed by atoms with E-state index in [1.807, 2.05) is 0 Å². The number of halogens is 5. The molecule has 0 bridgehead atoms. The summed E-state index contributed by atoms with van der Waals surface area (Å²) >= 11 is 11.7. The fourth-order valence-corrected chi connectivity index (χ4v) is 1.83. The maximum absolute atomic E-state index is 12.5. The molecule has 0 atom stereocenters. The van der Waals surface area contributed by atoms with Crippen molar-refractivity contribution in [2.24, 2.45) is 0 Å². The molecule has 0 fully saturated rings. The van der Waals surface area contributed by atoms with Crippen molar-refractivity contribution in [3.8, 4) is 0 Å². The molecule has 0 unspecified atom stereocenters. The van der Waals surface area contributed by atoms with Gasteiger partial charge in [0.05, 0.1) is 21.3 Å². The minimum atomic E-state index is -4.50. The number of nitrogens with two attached hydrogens (primary N) is 1. The molecule has 106 valence electrons. The van der Waals surface area contributed by atoms with Crippen molar-refractivity contribution >= 4 is 40.4 Å². The summed E-state index contributed by atoms with van der Waals surface area (Å²) in [4.78, 5) is 3.65. The SMILES string of the molecule is Nc1ccc(Cl)c(Nc2ncc(C(F)(F)F)cc2Cl)c1. The van der Waals surface area contributed by atoms with Gasteiger partial charge in [-0.05, 0) is 24.3 Å². The van der Waals surface area contributed by atoms with Crippen LogP contribution < -0.4 is 11.1 Å². The van der Waals surface area contributed by atoms with Crippen molar-refractivity contribution in [2.45, 2.75) is 6.18 Å². The first-order chi connectivity index (χ1) is 9.27. The number of nitrogen functional groups attached to an aromatic ring is 1. The molecule has 2 aromatic rings. The van der Waals surface area contributed by atoms with Gasteiger partial charge in [-0.2, -0.15) is 13.2 Å². The second kappa shape index (κ2) is 5.38. The van der Waals surface area contributed by atoms with Crippen LogP contribution in [0.3, 0.4) is 0 Å². The number of anilines is 3. The first-order valence-corrected chi connectivity index (χ1v) is 6.08. The summed E-state index contributed by atoms with van der Waals surface area (Å²) in [5.74, 6) is 0.0622. The van der Waals surface area contributed by atoms with Crippen LogP contribution in [-0.2, 0) is 6.18 Å². The molecular weight excluding hydrogens is 314 g/mol. The summed E-state index contributed by atoms with van der Waals surface area (Å²) in [7, 11) is 0. The summed E-state index contributed by atoms with van der Waals surface area (Å²) in [6.07, 6.45) is -3.81. The van der Waals surface area contributed by atoms with E-state index in [2.05, 4.69) is 10.3 Å². The van der Waals surface area contributed by atoms with E-state index in [1.165, 1.54) is 6.07 Å². The van der Waals surface area contributed by atoms with E-state index in [9.17, 15) is 13.2 Å². The first-order valence-electron chi connectivity index (χ1n) is 5.32. The Labute approximate surface area is 122 Å². The van der Waals surface area contributed by atoms with E-state index < -0.39 is 11.7 Å². The molecule has 20 heavy (non-hydrogen) atoms. The Balaban J connectivity index is 2.33.